The highest BCUT2D eigenvalue weighted by Gasteiger charge is 2.13. The van der Waals surface area contributed by atoms with Crippen LogP contribution in [0.15, 0.2) is 22.7 Å². The van der Waals surface area contributed by atoms with Crippen LogP contribution in [-0.4, -0.2) is 12.3 Å². The number of ketones is 1. The Morgan fingerprint density at radius 2 is 2.29 bits per heavy atom. The predicted molar refractivity (Wildman–Crippen MR) is 64.3 cm³/mol. The van der Waals surface area contributed by atoms with Crippen LogP contribution in [0.4, 0.5) is 0 Å². The van der Waals surface area contributed by atoms with E-state index in [9.17, 15) is 4.79 Å². The normalized spacial score (nSPS) is 20.3. The van der Waals surface area contributed by atoms with Gasteiger partial charge in [0, 0.05) is 10.4 Å². The molecule has 2 N–H and O–H groups in total. The van der Waals surface area contributed by atoms with E-state index in [-0.39, 0.29) is 18.2 Å². The maximum absolute atomic E-state index is 11.2. The first-order chi connectivity index (χ1) is 6.74. The highest BCUT2D eigenvalue weighted by molar-refractivity contribution is 9.11. The predicted octanol–water partition coefficient (Wildman–Crippen LogP) is 2.79. The smallest absolute Gasteiger partial charge is 0.153 e. The summed E-state index contributed by atoms with van der Waals surface area (Å²) < 4.78 is 1.05. The van der Waals surface area contributed by atoms with Crippen LogP contribution in [0.3, 0.4) is 0 Å². The Kier molecular flexibility index (Phi) is 7.71. The van der Waals surface area contributed by atoms with E-state index in [1.54, 1.807) is 0 Å². The zero-order chi connectivity index (χ0) is 11.0. The number of Topliss-reactive ketones (excluding diaryl/α,β-unsaturated/α-hetero) is 1. The van der Waals surface area contributed by atoms with Crippen molar-refractivity contribution in [1.82, 2.24) is 0 Å². The van der Waals surface area contributed by atoms with Gasteiger partial charge in [-0.25, -0.2) is 0 Å². The number of halogens is 1. The Morgan fingerprint density at radius 1 is 1.64 bits per heavy atom. The van der Waals surface area contributed by atoms with Gasteiger partial charge in [0.1, 0.15) is 0 Å². The lowest BCUT2D eigenvalue weighted by atomic mass is 9.99. The highest BCUT2D eigenvalue weighted by atomic mass is 79.9. The fraction of sp³-hybridized carbons (Fsp3) is 0.545. The zero-order valence-electron chi connectivity index (χ0n) is 8.79. The summed E-state index contributed by atoms with van der Waals surface area (Å²) in [6.45, 7) is 4.15. The van der Waals surface area contributed by atoms with E-state index in [4.69, 9.17) is 5.73 Å². The minimum Gasteiger partial charge on any atom is -0.324 e. The molecule has 0 aromatic heterocycles. The van der Waals surface area contributed by atoms with Gasteiger partial charge < -0.3 is 5.73 Å². The van der Waals surface area contributed by atoms with Crippen LogP contribution in [0, 0.1) is 5.92 Å². The van der Waals surface area contributed by atoms with E-state index in [0.717, 1.165) is 17.3 Å². The molecule has 80 valence electrons. The van der Waals surface area contributed by atoms with Gasteiger partial charge in [-0.05, 0) is 12.8 Å². The topological polar surface area (TPSA) is 43.1 Å². The van der Waals surface area contributed by atoms with Gasteiger partial charge in [0.25, 0.3) is 0 Å². The molecule has 1 aliphatic carbocycles. The van der Waals surface area contributed by atoms with Crippen LogP contribution in [-0.2, 0) is 4.79 Å². The summed E-state index contributed by atoms with van der Waals surface area (Å²) in [5, 5.41) is 0. The van der Waals surface area contributed by atoms with Gasteiger partial charge in [0.05, 0.1) is 6.54 Å². The molecule has 0 saturated carbocycles. The Balaban J connectivity index is 0.000000791. The van der Waals surface area contributed by atoms with Crippen LogP contribution in [0.2, 0.25) is 0 Å². The van der Waals surface area contributed by atoms with E-state index in [1.165, 1.54) is 0 Å². The molecule has 0 aromatic rings. The highest BCUT2D eigenvalue weighted by Crippen LogP contribution is 2.19. The number of hydrogen-bond acceptors (Lipinski definition) is 2. The van der Waals surface area contributed by atoms with Gasteiger partial charge >= 0.3 is 0 Å². The molecule has 0 aliphatic heterocycles. The van der Waals surface area contributed by atoms with Gasteiger partial charge in [-0.1, -0.05) is 48.0 Å². The Labute approximate surface area is 94.4 Å². The molecule has 0 bridgehead atoms. The van der Waals surface area contributed by atoms with Crippen molar-refractivity contribution >= 4 is 21.7 Å². The summed E-state index contributed by atoms with van der Waals surface area (Å²) in [6, 6.07) is 0. The number of hydrogen-bond donors (Lipinski definition) is 1. The van der Waals surface area contributed by atoms with Gasteiger partial charge in [0.15, 0.2) is 5.78 Å². The van der Waals surface area contributed by atoms with Crippen molar-refractivity contribution in [2.24, 2.45) is 11.7 Å². The van der Waals surface area contributed by atoms with Gasteiger partial charge in [0.2, 0.25) is 0 Å². The minimum absolute atomic E-state index is 0.0151. The molecular weight excluding hydrogens is 242 g/mol. The number of carbonyl (C=O) groups excluding carboxylic acids is 1. The third-order valence-electron chi connectivity index (χ3n) is 1.92. The standard InChI is InChI=1S/C9H12BrNO.C2H6/c10-8-3-1-2-7(4-5-8)9(12)6-11;1-2/h3-5,7H,1-2,6,11H2;1-2H3. The summed E-state index contributed by atoms with van der Waals surface area (Å²) in [6.07, 6.45) is 7.72. The molecule has 0 amide bonds. The maximum Gasteiger partial charge on any atom is 0.153 e. The molecule has 0 radical (unpaired) electrons. The molecule has 1 atom stereocenters. The van der Waals surface area contributed by atoms with Crippen molar-refractivity contribution in [2.45, 2.75) is 26.7 Å². The second-order valence-electron chi connectivity index (χ2n) is 2.80. The second kappa shape index (κ2) is 7.94. The van der Waals surface area contributed by atoms with Gasteiger partial charge in [-0.3, -0.25) is 4.79 Å². The van der Waals surface area contributed by atoms with Crippen molar-refractivity contribution in [3.8, 4) is 0 Å². The van der Waals surface area contributed by atoms with Crippen LogP contribution >= 0.6 is 15.9 Å². The van der Waals surface area contributed by atoms with Crippen LogP contribution < -0.4 is 5.73 Å². The average molecular weight is 260 g/mol. The van der Waals surface area contributed by atoms with E-state index in [0.29, 0.717) is 0 Å². The van der Waals surface area contributed by atoms with Crippen LogP contribution in [0.5, 0.6) is 0 Å². The molecule has 1 unspecified atom stereocenters. The number of allylic oxidation sites excluding steroid dienone is 4. The summed E-state index contributed by atoms with van der Waals surface area (Å²) in [4.78, 5) is 11.2. The first-order valence-electron chi connectivity index (χ1n) is 5.00. The Hall–Kier alpha value is -0.410. The molecule has 14 heavy (non-hydrogen) atoms. The van der Waals surface area contributed by atoms with Crippen molar-refractivity contribution in [1.29, 1.82) is 0 Å². The SMILES string of the molecule is CC.NCC(=O)C1C=CC(Br)=CCC1. The minimum atomic E-state index is 0.0151. The fourth-order valence-electron chi connectivity index (χ4n) is 1.19. The molecular formula is C11H18BrNO. The summed E-state index contributed by atoms with van der Waals surface area (Å²) >= 11 is 3.37. The number of carbonyl (C=O) groups is 1. The lowest BCUT2D eigenvalue weighted by Gasteiger charge is -2.06. The van der Waals surface area contributed by atoms with Gasteiger partial charge in [-0.15, -0.1) is 0 Å². The number of nitrogens with two attached hydrogens (primary N) is 1. The quantitative estimate of drug-likeness (QED) is 0.829. The summed E-state index contributed by atoms with van der Waals surface area (Å²) in [5.74, 6) is 0.142. The monoisotopic (exact) mass is 259 g/mol. The average Bonchev–Trinajstić information content (AvgIpc) is 2.45. The van der Waals surface area contributed by atoms with Crippen LogP contribution in [0.1, 0.15) is 26.7 Å². The molecule has 1 rings (SSSR count). The van der Waals surface area contributed by atoms with Crippen LogP contribution in [0.25, 0.3) is 0 Å². The summed E-state index contributed by atoms with van der Waals surface area (Å²) in [7, 11) is 0. The molecule has 0 aromatic carbocycles. The Bertz CT molecular complexity index is 233. The van der Waals surface area contributed by atoms with E-state index in [2.05, 4.69) is 22.0 Å². The van der Waals surface area contributed by atoms with Crippen molar-refractivity contribution in [3.05, 3.63) is 22.7 Å². The third kappa shape index (κ3) is 4.72. The first-order valence-corrected chi connectivity index (χ1v) is 5.80. The van der Waals surface area contributed by atoms with Crippen molar-refractivity contribution in [2.75, 3.05) is 6.54 Å². The zero-order valence-corrected chi connectivity index (χ0v) is 10.4. The molecule has 3 heteroatoms. The van der Waals surface area contributed by atoms with Gasteiger partial charge in [-0.2, -0.15) is 0 Å². The van der Waals surface area contributed by atoms with E-state index < -0.39 is 0 Å². The fourth-order valence-corrected chi connectivity index (χ4v) is 1.57. The van der Waals surface area contributed by atoms with Crippen molar-refractivity contribution < 1.29 is 4.79 Å². The van der Waals surface area contributed by atoms with E-state index >= 15 is 0 Å². The summed E-state index contributed by atoms with van der Waals surface area (Å²) in [5.41, 5.74) is 5.28. The second-order valence-corrected chi connectivity index (χ2v) is 3.72. The third-order valence-corrected chi connectivity index (χ3v) is 2.51. The van der Waals surface area contributed by atoms with Crippen molar-refractivity contribution in [3.63, 3.8) is 0 Å². The molecule has 2 nitrogen and oxygen atoms in total. The number of rotatable bonds is 2. The maximum atomic E-state index is 11.2. The molecule has 0 heterocycles. The van der Waals surface area contributed by atoms with E-state index in [1.807, 2.05) is 26.0 Å². The molecule has 0 fully saturated rings. The Morgan fingerprint density at radius 3 is 2.86 bits per heavy atom. The largest absolute Gasteiger partial charge is 0.324 e. The lowest BCUT2D eigenvalue weighted by molar-refractivity contribution is -0.120. The lowest BCUT2D eigenvalue weighted by Crippen LogP contribution is -2.21. The first kappa shape index (κ1) is 13.6. The molecule has 1 aliphatic rings. The molecule has 0 saturated heterocycles. The molecule has 0 spiro atoms.